The average molecular weight is 318 g/mol. The van der Waals surface area contributed by atoms with Crippen LogP contribution in [0.4, 0.5) is 0 Å². The fourth-order valence-corrected chi connectivity index (χ4v) is 3.41. The van der Waals surface area contributed by atoms with Gasteiger partial charge in [-0.25, -0.2) is 0 Å². The molecule has 0 spiro atoms. The van der Waals surface area contributed by atoms with E-state index in [1.165, 1.54) is 11.3 Å². The molecule has 3 nitrogen and oxygen atoms in total. The Morgan fingerprint density at radius 1 is 1.47 bits per heavy atom. The van der Waals surface area contributed by atoms with Crippen LogP contribution in [0.25, 0.3) is 10.1 Å². The first-order chi connectivity index (χ1) is 9.06. The predicted octanol–water partition coefficient (Wildman–Crippen LogP) is 3.71. The van der Waals surface area contributed by atoms with Crippen LogP contribution in [-0.2, 0) is 0 Å². The van der Waals surface area contributed by atoms with Crippen LogP contribution in [0.15, 0.2) is 18.2 Å². The van der Waals surface area contributed by atoms with Crippen LogP contribution in [0.1, 0.15) is 23.0 Å². The van der Waals surface area contributed by atoms with Crippen molar-refractivity contribution in [2.24, 2.45) is 0 Å². The van der Waals surface area contributed by atoms with E-state index in [0.29, 0.717) is 21.3 Å². The largest absolute Gasteiger partial charge is 0.394 e. The first kappa shape index (κ1) is 14.6. The van der Waals surface area contributed by atoms with E-state index in [4.69, 9.17) is 28.3 Å². The van der Waals surface area contributed by atoms with Crippen molar-refractivity contribution in [1.82, 2.24) is 5.32 Å². The van der Waals surface area contributed by atoms with E-state index in [1.807, 2.05) is 6.92 Å². The monoisotopic (exact) mass is 317 g/mol. The van der Waals surface area contributed by atoms with Crippen molar-refractivity contribution in [2.45, 2.75) is 19.4 Å². The molecular weight excluding hydrogens is 305 g/mol. The van der Waals surface area contributed by atoms with E-state index in [0.717, 1.165) is 10.1 Å². The van der Waals surface area contributed by atoms with E-state index in [-0.39, 0.29) is 18.6 Å². The smallest absolute Gasteiger partial charge is 0.263 e. The van der Waals surface area contributed by atoms with Gasteiger partial charge in [-0.3, -0.25) is 4.79 Å². The summed E-state index contributed by atoms with van der Waals surface area (Å²) in [5.41, 5.74) is 0. The zero-order valence-corrected chi connectivity index (χ0v) is 12.6. The zero-order chi connectivity index (χ0) is 14.0. The summed E-state index contributed by atoms with van der Waals surface area (Å²) < 4.78 is 0.875. The molecule has 0 saturated heterocycles. The van der Waals surface area contributed by atoms with Crippen molar-refractivity contribution < 1.29 is 9.90 Å². The molecule has 2 N–H and O–H groups in total. The quantitative estimate of drug-likeness (QED) is 0.903. The number of amides is 1. The number of carbonyl (C=O) groups is 1. The number of hydrogen-bond donors (Lipinski definition) is 2. The van der Waals surface area contributed by atoms with Crippen LogP contribution >= 0.6 is 34.5 Å². The normalized spacial score (nSPS) is 12.6. The number of aliphatic hydroxyl groups is 1. The summed E-state index contributed by atoms with van der Waals surface area (Å²) in [7, 11) is 0. The Labute approximate surface area is 125 Å². The number of fused-ring (bicyclic) bond motifs is 1. The number of carbonyl (C=O) groups excluding carboxylic acids is 1. The third kappa shape index (κ3) is 3.03. The molecule has 2 aromatic rings. The summed E-state index contributed by atoms with van der Waals surface area (Å²) in [4.78, 5) is 12.6. The minimum absolute atomic E-state index is 0.0867. The number of nitrogens with one attached hydrogen (secondary N) is 1. The Hall–Kier alpha value is -0.810. The Morgan fingerprint density at radius 2 is 2.21 bits per heavy atom. The zero-order valence-electron chi connectivity index (χ0n) is 10.2. The van der Waals surface area contributed by atoms with Gasteiger partial charge in [0.25, 0.3) is 5.91 Å². The molecule has 0 unspecified atom stereocenters. The van der Waals surface area contributed by atoms with Crippen LogP contribution < -0.4 is 5.32 Å². The maximum absolute atomic E-state index is 12.1. The molecule has 1 aromatic heterocycles. The van der Waals surface area contributed by atoms with Crippen LogP contribution in [0.2, 0.25) is 10.0 Å². The molecule has 19 heavy (non-hydrogen) atoms. The van der Waals surface area contributed by atoms with E-state index in [1.54, 1.807) is 18.2 Å². The molecule has 0 aliphatic carbocycles. The molecule has 0 aliphatic heterocycles. The van der Waals surface area contributed by atoms with Gasteiger partial charge in [0.15, 0.2) is 0 Å². The van der Waals surface area contributed by atoms with Gasteiger partial charge in [0, 0.05) is 15.1 Å². The van der Waals surface area contributed by atoms with Crippen LogP contribution in [0.5, 0.6) is 0 Å². The van der Waals surface area contributed by atoms with Gasteiger partial charge >= 0.3 is 0 Å². The number of rotatable bonds is 4. The molecule has 0 fully saturated rings. The van der Waals surface area contributed by atoms with E-state index >= 15 is 0 Å². The molecule has 1 atom stereocenters. The molecule has 2 rings (SSSR count). The van der Waals surface area contributed by atoms with Crippen molar-refractivity contribution in [1.29, 1.82) is 0 Å². The van der Waals surface area contributed by atoms with Crippen molar-refractivity contribution in [3.05, 3.63) is 33.1 Å². The van der Waals surface area contributed by atoms with Crippen LogP contribution in [0.3, 0.4) is 0 Å². The van der Waals surface area contributed by atoms with E-state index < -0.39 is 0 Å². The number of halogens is 2. The third-order valence-corrected chi connectivity index (χ3v) is 4.74. The molecule has 1 aromatic carbocycles. The maximum atomic E-state index is 12.1. The SMILES string of the molecule is CC[C@@H](CO)NC(=O)c1sc2cc(Cl)ccc2c1Cl. The summed E-state index contributed by atoms with van der Waals surface area (Å²) in [6.07, 6.45) is 0.663. The Bertz CT molecular complexity index is 608. The molecule has 0 radical (unpaired) electrons. The Morgan fingerprint density at radius 3 is 2.84 bits per heavy atom. The highest BCUT2D eigenvalue weighted by molar-refractivity contribution is 7.21. The summed E-state index contributed by atoms with van der Waals surface area (Å²) in [6, 6.07) is 5.08. The first-order valence-corrected chi connectivity index (χ1v) is 7.43. The second kappa shape index (κ2) is 6.09. The van der Waals surface area contributed by atoms with E-state index in [9.17, 15) is 4.79 Å². The minimum atomic E-state index is -0.261. The van der Waals surface area contributed by atoms with Crippen molar-refractivity contribution in [3.63, 3.8) is 0 Å². The summed E-state index contributed by atoms with van der Waals surface area (Å²) in [5.74, 6) is -0.261. The predicted molar refractivity (Wildman–Crippen MR) is 80.5 cm³/mol. The molecule has 0 bridgehead atoms. The molecule has 0 saturated carbocycles. The molecule has 1 heterocycles. The second-order valence-corrected chi connectivity index (χ2v) is 6.01. The standard InChI is InChI=1S/C13H13Cl2NO2S/c1-2-8(6-17)16-13(18)12-11(15)9-4-3-7(14)5-10(9)19-12/h3-5,8,17H,2,6H2,1H3,(H,16,18)/t8-/m0/s1. The lowest BCUT2D eigenvalue weighted by Gasteiger charge is -2.13. The van der Waals surface area contributed by atoms with Gasteiger partial charge in [-0.2, -0.15) is 0 Å². The average Bonchev–Trinajstić information content (AvgIpc) is 2.72. The van der Waals surface area contributed by atoms with Crippen molar-refractivity contribution in [3.8, 4) is 0 Å². The molecule has 102 valence electrons. The molecule has 1 amide bonds. The lowest BCUT2D eigenvalue weighted by molar-refractivity contribution is 0.0919. The second-order valence-electron chi connectivity index (χ2n) is 4.15. The highest BCUT2D eigenvalue weighted by Gasteiger charge is 2.19. The number of hydrogen-bond acceptors (Lipinski definition) is 3. The molecule has 6 heteroatoms. The highest BCUT2D eigenvalue weighted by Crippen LogP contribution is 2.36. The maximum Gasteiger partial charge on any atom is 0.263 e. The lowest BCUT2D eigenvalue weighted by Crippen LogP contribution is -2.36. The minimum Gasteiger partial charge on any atom is -0.394 e. The fraction of sp³-hybridized carbons (Fsp3) is 0.308. The van der Waals surface area contributed by atoms with Crippen LogP contribution in [-0.4, -0.2) is 23.7 Å². The van der Waals surface area contributed by atoms with Crippen molar-refractivity contribution in [2.75, 3.05) is 6.61 Å². The third-order valence-electron chi connectivity index (χ3n) is 2.85. The Balaban J connectivity index is 2.34. The number of aliphatic hydroxyl groups excluding tert-OH is 1. The van der Waals surface area contributed by atoms with Gasteiger partial charge in [0.05, 0.1) is 17.7 Å². The summed E-state index contributed by atoms with van der Waals surface area (Å²) in [5, 5.41) is 13.7. The van der Waals surface area contributed by atoms with Crippen molar-refractivity contribution >= 4 is 50.5 Å². The lowest BCUT2D eigenvalue weighted by atomic mass is 10.2. The highest BCUT2D eigenvalue weighted by atomic mass is 35.5. The first-order valence-electron chi connectivity index (χ1n) is 5.86. The van der Waals surface area contributed by atoms with Gasteiger partial charge in [-0.05, 0) is 18.6 Å². The fourth-order valence-electron chi connectivity index (χ4n) is 1.71. The van der Waals surface area contributed by atoms with Gasteiger partial charge in [0.1, 0.15) is 4.88 Å². The summed E-state index contributed by atoms with van der Waals surface area (Å²) >= 11 is 13.4. The molecule has 0 aliphatic rings. The topological polar surface area (TPSA) is 49.3 Å². The number of thiophene rings is 1. The molecular formula is C13H13Cl2NO2S. The van der Waals surface area contributed by atoms with Gasteiger partial charge in [0.2, 0.25) is 0 Å². The number of benzene rings is 1. The van der Waals surface area contributed by atoms with E-state index in [2.05, 4.69) is 5.32 Å². The van der Waals surface area contributed by atoms with Gasteiger partial charge in [-0.1, -0.05) is 36.2 Å². The van der Waals surface area contributed by atoms with Gasteiger partial charge < -0.3 is 10.4 Å². The Kier molecular flexibility index (Phi) is 4.68. The van der Waals surface area contributed by atoms with Crippen LogP contribution in [0, 0.1) is 0 Å². The van der Waals surface area contributed by atoms with Gasteiger partial charge in [-0.15, -0.1) is 11.3 Å². The summed E-state index contributed by atoms with van der Waals surface area (Å²) in [6.45, 7) is 1.81.